The van der Waals surface area contributed by atoms with Gasteiger partial charge in [0.1, 0.15) is 5.82 Å². The van der Waals surface area contributed by atoms with Gasteiger partial charge >= 0.3 is 12.0 Å². The Morgan fingerprint density at radius 3 is 2.74 bits per heavy atom. The Labute approximate surface area is 118 Å². The van der Waals surface area contributed by atoms with Gasteiger partial charge in [-0.1, -0.05) is 6.92 Å². The van der Waals surface area contributed by atoms with Gasteiger partial charge in [-0.25, -0.2) is 9.18 Å². The van der Waals surface area contributed by atoms with Crippen molar-refractivity contribution in [1.82, 2.24) is 5.32 Å². The first-order valence-corrected chi connectivity index (χ1v) is 6.42. The van der Waals surface area contributed by atoms with Gasteiger partial charge in [0.2, 0.25) is 0 Å². The summed E-state index contributed by atoms with van der Waals surface area (Å²) in [5.74, 6) is -1.82. The van der Waals surface area contributed by atoms with Gasteiger partial charge in [-0.2, -0.15) is 0 Å². The van der Waals surface area contributed by atoms with Gasteiger partial charge in [0.15, 0.2) is 0 Å². The van der Waals surface area contributed by atoms with Crippen LogP contribution >= 0.6 is 15.9 Å². The highest BCUT2D eigenvalue weighted by atomic mass is 79.9. The molecule has 7 heteroatoms. The second kappa shape index (κ2) is 7.08. The van der Waals surface area contributed by atoms with Crippen molar-refractivity contribution in [2.24, 2.45) is 5.92 Å². The molecule has 1 aromatic carbocycles. The van der Waals surface area contributed by atoms with Crippen molar-refractivity contribution in [2.45, 2.75) is 13.3 Å². The fourth-order valence-corrected chi connectivity index (χ4v) is 1.73. The molecule has 0 aliphatic carbocycles. The molecule has 0 heterocycles. The molecule has 2 amide bonds. The van der Waals surface area contributed by atoms with Crippen LogP contribution in [0, 0.1) is 11.7 Å². The molecule has 104 valence electrons. The zero-order valence-corrected chi connectivity index (χ0v) is 11.8. The Kier molecular flexibility index (Phi) is 5.75. The molecule has 5 nitrogen and oxygen atoms in total. The van der Waals surface area contributed by atoms with Crippen LogP contribution in [0.3, 0.4) is 0 Å². The zero-order chi connectivity index (χ0) is 14.4. The van der Waals surface area contributed by atoms with E-state index >= 15 is 0 Å². The predicted octanol–water partition coefficient (Wildman–Crippen LogP) is 2.82. The highest BCUT2D eigenvalue weighted by Gasteiger charge is 2.11. The van der Waals surface area contributed by atoms with Crippen LogP contribution in [-0.2, 0) is 4.79 Å². The Balaban J connectivity index is 2.41. The third-order valence-corrected chi connectivity index (χ3v) is 3.12. The summed E-state index contributed by atoms with van der Waals surface area (Å²) in [6, 6.07) is 3.43. The lowest BCUT2D eigenvalue weighted by Crippen LogP contribution is -2.31. The number of carbonyl (C=O) groups excluding carboxylic acids is 1. The van der Waals surface area contributed by atoms with E-state index < -0.39 is 23.7 Å². The van der Waals surface area contributed by atoms with Crippen LogP contribution in [0.15, 0.2) is 22.7 Å². The van der Waals surface area contributed by atoms with Crippen LogP contribution in [0.5, 0.6) is 0 Å². The van der Waals surface area contributed by atoms with Crippen LogP contribution in [0.25, 0.3) is 0 Å². The number of carboxylic acid groups (broad SMARTS) is 1. The number of amides is 2. The monoisotopic (exact) mass is 332 g/mol. The van der Waals surface area contributed by atoms with Gasteiger partial charge in [0.25, 0.3) is 0 Å². The highest BCUT2D eigenvalue weighted by molar-refractivity contribution is 9.10. The lowest BCUT2D eigenvalue weighted by molar-refractivity contribution is -0.141. The molecule has 0 aliphatic rings. The number of carboxylic acids is 1. The van der Waals surface area contributed by atoms with Crippen molar-refractivity contribution < 1.29 is 19.1 Å². The van der Waals surface area contributed by atoms with E-state index in [4.69, 9.17) is 5.11 Å². The van der Waals surface area contributed by atoms with Crippen LogP contribution in [0.2, 0.25) is 0 Å². The Morgan fingerprint density at radius 1 is 1.47 bits per heavy atom. The summed E-state index contributed by atoms with van der Waals surface area (Å²) < 4.78 is 13.3. The maximum atomic E-state index is 12.8. The summed E-state index contributed by atoms with van der Waals surface area (Å²) in [4.78, 5) is 22.1. The second-order valence-electron chi connectivity index (χ2n) is 4.03. The molecular weight excluding hydrogens is 319 g/mol. The molecule has 1 unspecified atom stereocenters. The van der Waals surface area contributed by atoms with Crippen LogP contribution in [-0.4, -0.2) is 23.7 Å². The summed E-state index contributed by atoms with van der Waals surface area (Å²) in [6.45, 7) is 1.82. The number of benzene rings is 1. The van der Waals surface area contributed by atoms with Gasteiger partial charge in [-0.05, 0) is 40.5 Å². The maximum Gasteiger partial charge on any atom is 0.319 e. The zero-order valence-electron chi connectivity index (χ0n) is 10.2. The second-order valence-corrected chi connectivity index (χ2v) is 4.89. The van der Waals surface area contributed by atoms with Crippen molar-refractivity contribution in [2.75, 3.05) is 11.9 Å². The molecule has 1 rings (SSSR count). The Hall–Kier alpha value is -1.63. The average Bonchev–Trinajstić information content (AvgIpc) is 2.32. The van der Waals surface area contributed by atoms with E-state index in [9.17, 15) is 14.0 Å². The van der Waals surface area contributed by atoms with E-state index in [1.165, 1.54) is 18.2 Å². The molecule has 1 aromatic rings. The number of urea groups is 1. The summed E-state index contributed by atoms with van der Waals surface area (Å²) in [6.07, 6.45) is 0.341. The minimum Gasteiger partial charge on any atom is -0.481 e. The SMILES string of the molecule is CC(CCNC(=O)Nc1ccc(F)cc1Br)C(=O)O. The average molecular weight is 333 g/mol. The van der Waals surface area contributed by atoms with E-state index in [2.05, 4.69) is 26.6 Å². The third kappa shape index (κ3) is 5.25. The fraction of sp³-hybridized carbons (Fsp3) is 0.333. The minimum absolute atomic E-state index is 0.248. The molecule has 19 heavy (non-hydrogen) atoms. The Bertz CT molecular complexity index is 482. The first kappa shape index (κ1) is 15.4. The number of hydrogen-bond donors (Lipinski definition) is 3. The van der Waals surface area contributed by atoms with E-state index in [1.54, 1.807) is 6.92 Å². The van der Waals surface area contributed by atoms with Crippen LogP contribution in [0.4, 0.5) is 14.9 Å². The number of halogens is 2. The van der Waals surface area contributed by atoms with Gasteiger partial charge in [-0.3, -0.25) is 4.79 Å². The predicted molar refractivity (Wildman–Crippen MR) is 72.5 cm³/mol. The standard InChI is InChI=1S/C12H14BrFN2O3/c1-7(11(17)18)4-5-15-12(19)16-10-3-2-8(14)6-9(10)13/h2-3,6-7H,4-5H2,1H3,(H,17,18)(H2,15,16,19). The van der Waals surface area contributed by atoms with Crippen molar-refractivity contribution in [3.8, 4) is 0 Å². The molecule has 0 spiro atoms. The van der Waals surface area contributed by atoms with Crippen molar-refractivity contribution >= 4 is 33.6 Å². The lowest BCUT2D eigenvalue weighted by Gasteiger charge is -2.10. The molecule has 0 saturated heterocycles. The molecule has 3 N–H and O–H groups in total. The topological polar surface area (TPSA) is 78.4 Å². The molecular formula is C12H14BrFN2O3. The number of carbonyl (C=O) groups is 2. The van der Waals surface area contributed by atoms with E-state index in [0.717, 1.165) is 0 Å². The minimum atomic E-state index is -0.900. The first-order chi connectivity index (χ1) is 8.90. The molecule has 0 radical (unpaired) electrons. The van der Waals surface area contributed by atoms with Crippen LogP contribution in [0.1, 0.15) is 13.3 Å². The summed E-state index contributed by atoms with van der Waals surface area (Å²) in [5, 5.41) is 13.7. The van der Waals surface area contributed by atoms with Gasteiger partial charge in [-0.15, -0.1) is 0 Å². The summed E-state index contributed by atoms with van der Waals surface area (Å²) >= 11 is 3.13. The first-order valence-electron chi connectivity index (χ1n) is 5.63. The smallest absolute Gasteiger partial charge is 0.319 e. The quantitative estimate of drug-likeness (QED) is 0.775. The van der Waals surface area contributed by atoms with Gasteiger partial charge in [0, 0.05) is 11.0 Å². The van der Waals surface area contributed by atoms with Crippen LogP contribution < -0.4 is 10.6 Å². The summed E-state index contributed by atoms with van der Waals surface area (Å²) in [5.41, 5.74) is 0.435. The normalized spacial score (nSPS) is 11.7. The molecule has 0 aliphatic heterocycles. The molecule has 0 saturated carbocycles. The van der Waals surface area contributed by atoms with E-state index in [0.29, 0.717) is 16.6 Å². The molecule has 0 aromatic heterocycles. The van der Waals surface area contributed by atoms with Crippen molar-refractivity contribution in [3.63, 3.8) is 0 Å². The molecule has 0 bridgehead atoms. The lowest BCUT2D eigenvalue weighted by atomic mass is 10.1. The number of hydrogen-bond acceptors (Lipinski definition) is 2. The van der Waals surface area contributed by atoms with E-state index in [-0.39, 0.29) is 6.54 Å². The van der Waals surface area contributed by atoms with Crippen molar-refractivity contribution in [3.05, 3.63) is 28.5 Å². The van der Waals surface area contributed by atoms with Gasteiger partial charge < -0.3 is 15.7 Å². The molecule has 0 fully saturated rings. The number of anilines is 1. The third-order valence-electron chi connectivity index (χ3n) is 2.46. The van der Waals surface area contributed by atoms with Gasteiger partial charge in [0.05, 0.1) is 11.6 Å². The maximum absolute atomic E-state index is 12.8. The summed E-state index contributed by atoms with van der Waals surface area (Å²) in [7, 11) is 0. The molecule has 1 atom stereocenters. The fourth-order valence-electron chi connectivity index (χ4n) is 1.28. The number of rotatable bonds is 5. The number of nitrogens with one attached hydrogen (secondary N) is 2. The van der Waals surface area contributed by atoms with E-state index in [1.807, 2.05) is 0 Å². The number of aliphatic carboxylic acids is 1. The largest absolute Gasteiger partial charge is 0.481 e. The van der Waals surface area contributed by atoms with Crippen molar-refractivity contribution in [1.29, 1.82) is 0 Å². The highest BCUT2D eigenvalue weighted by Crippen LogP contribution is 2.22. The Morgan fingerprint density at radius 2 is 2.16 bits per heavy atom.